The molecule has 0 bridgehead atoms. The number of nitrogens with zero attached hydrogens (tertiary/aromatic N) is 3. The summed E-state index contributed by atoms with van der Waals surface area (Å²) in [6, 6.07) is 4.59. The van der Waals surface area contributed by atoms with Gasteiger partial charge >= 0.3 is 12.1 Å². The summed E-state index contributed by atoms with van der Waals surface area (Å²) in [6.07, 6.45) is -5.41. The molecule has 2 aliphatic rings. The van der Waals surface area contributed by atoms with Crippen LogP contribution in [0.3, 0.4) is 0 Å². The Morgan fingerprint density at radius 3 is 2.41 bits per heavy atom. The summed E-state index contributed by atoms with van der Waals surface area (Å²) < 4.78 is 77.3. The molecule has 1 aromatic carbocycles. The minimum atomic E-state index is -5.05. The van der Waals surface area contributed by atoms with Gasteiger partial charge in [-0.25, -0.2) is 8.42 Å². The van der Waals surface area contributed by atoms with Crippen molar-refractivity contribution < 1.29 is 41.0 Å². The number of aromatic nitrogens is 2. The van der Waals surface area contributed by atoms with Crippen molar-refractivity contribution in [3.63, 3.8) is 0 Å². The number of primary amides is 1. The standard InChI is InChI=1S/C25H27F3N4O6S/c1-13(2)38-20-7-16(8-24(20,22(34)35)19-9-23(19,12-29)21(30)33)39(36,37)18-5-4-14(6-17(18)25(26,27)28)15-10-31-32(3)11-15/h4-6,10-11,13,16,19-20H,7-9H2,1-3H3,(H2,30,33)(H,34,35)/t16-,19?,20+,23?,24+/m1/s1. The SMILES string of the molecule is CC(C)O[C@H]1C[C@@H](S(=O)(=O)c2ccc(-c3cnn(C)c3)cc2C(F)(F)F)C[C@]1(C(=O)O)C1CC1(C#N)C(N)=O. The van der Waals surface area contributed by atoms with Crippen LogP contribution in [0.15, 0.2) is 35.5 Å². The maximum Gasteiger partial charge on any atom is 0.417 e. The zero-order chi connectivity index (χ0) is 29.1. The average Bonchev–Trinajstić information content (AvgIpc) is 3.24. The minimum Gasteiger partial charge on any atom is -0.481 e. The molecule has 14 heteroatoms. The first kappa shape index (κ1) is 28.6. The van der Waals surface area contributed by atoms with Crippen LogP contribution in [0.25, 0.3) is 11.1 Å². The molecule has 5 atom stereocenters. The largest absolute Gasteiger partial charge is 0.481 e. The topological polar surface area (TPSA) is 165 Å². The van der Waals surface area contributed by atoms with Crippen LogP contribution in [0.5, 0.6) is 0 Å². The smallest absolute Gasteiger partial charge is 0.417 e. The lowest BCUT2D eigenvalue weighted by atomic mass is 9.75. The van der Waals surface area contributed by atoms with Gasteiger partial charge in [0.15, 0.2) is 9.84 Å². The third-order valence-corrected chi connectivity index (χ3v) is 9.95. The number of amides is 1. The number of hydrogen-bond donors (Lipinski definition) is 2. The molecule has 0 aliphatic heterocycles. The average molecular weight is 569 g/mol. The first-order chi connectivity index (χ1) is 18.0. The second kappa shape index (κ2) is 9.34. The molecule has 2 fully saturated rings. The first-order valence-electron chi connectivity index (χ1n) is 12.0. The highest BCUT2D eigenvalue weighted by atomic mass is 32.2. The zero-order valence-corrected chi connectivity index (χ0v) is 22.1. The molecule has 39 heavy (non-hydrogen) atoms. The molecule has 3 N–H and O–H groups in total. The summed E-state index contributed by atoms with van der Waals surface area (Å²) >= 11 is 0. The van der Waals surface area contributed by atoms with Crippen LogP contribution < -0.4 is 5.73 Å². The number of benzene rings is 1. The van der Waals surface area contributed by atoms with Crippen LogP contribution in [0.1, 0.15) is 38.7 Å². The summed E-state index contributed by atoms with van der Waals surface area (Å²) in [6.45, 7) is 3.18. The number of alkyl halides is 3. The van der Waals surface area contributed by atoms with Gasteiger partial charge in [0.2, 0.25) is 5.91 Å². The number of nitriles is 1. The number of halogens is 3. The number of carboxylic acids is 1. The molecule has 0 spiro atoms. The lowest BCUT2D eigenvalue weighted by Crippen LogP contribution is -2.45. The Balaban J connectivity index is 1.82. The normalized spacial score (nSPS) is 28.8. The summed E-state index contributed by atoms with van der Waals surface area (Å²) in [5.74, 6) is -3.71. The molecule has 0 saturated heterocycles. The van der Waals surface area contributed by atoms with Crippen molar-refractivity contribution in [1.82, 2.24) is 9.78 Å². The molecule has 1 heterocycles. The van der Waals surface area contributed by atoms with Gasteiger partial charge in [-0.3, -0.25) is 14.3 Å². The van der Waals surface area contributed by atoms with Crippen molar-refractivity contribution in [2.24, 2.45) is 29.5 Å². The van der Waals surface area contributed by atoms with Gasteiger partial charge in [0.05, 0.1) is 40.2 Å². The summed E-state index contributed by atoms with van der Waals surface area (Å²) in [5, 5.41) is 22.3. The number of aliphatic carboxylic acids is 1. The van der Waals surface area contributed by atoms with Crippen molar-refractivity contribution in [2.45, 2.75) is 61.6 Å². The molecule has 2 unspecified atom stereocenters. The van der Waals surface area contributed by atoms with E-state index in [-0.39, 0.29) is 12.0 Å². The lowest BCUT2D eigenvalue weighted by molar-refractivity contribution is -0.163. The summed E-state index contributed by atoms with van der Waals surface area (Å²) in [4.78, 5) is 23.8. The second-order valence-corrected chi connectivity index (χ2v) is 12.6. The molecular formula is C25H27F3N4O6S. The second-order valence-electron chi connectivity index (χ2n) is 10.4. The summed E-state index contributed by atoms with van der Waals surface area (Å²) in [5.41, 5.74) is 0.589. The molecule has 1 amide bonds. The Hall–Kier alpha value is -3.44. The molecule has 10 nitrogen and oxygen atoms in total. The van der Waals surface area contributed by atoms with E-state index in [9.17, 15) is 41.5 Å². The number of carbonyl (C=O) groups is 2. The molecule has 4 rings (SSSR count). The molecule has 2 aliphatic carbocycles. The number of ether oxygens (including phenoxy) is 1. The minimum absolute atomic E-state index is 0.0972. The fourth-order valence-corrected chi connectivity index (χ4v) is 7.81. The third kappa shape index (κ3) is 4.57. The number of hydrogen-bond acceptors (Lipinski definition) is 7. The predicted molar refractivity (Wildman–Crippen MR) is 129 cm³/mol. The van der Waals surface area contributed by atoms with Gasteiger partial charge in [-0.2, -0.15) is 23.5 Å². The van der Waals surface area contributed by atoms with Crippen LogP contribution in [0, 0.1) is 28.1 Å². The number of sulfone groups is 1. The van der Waals surface area contributed by atoms with Gasteiger partial charge in [0.25, 0.3) is 0 Å². The van der Waals surface area contributed by atoms with E-state index in [1.165, 1.54) is 23.1 Å². The number of carboxylic acid groups (broad SMARTS) is 1. The monoisotopic (exact) mass is 568 g/mol. The van der Waals surface area contributed by atoms with E-state index < -0.39 is 85.4 Å². The van der Waals surface area contributed by atoms with Crippen molar-refractivity contribution in [3.05, 3.63) is 36.2 Å². The van der Waals surface area contributed by atoms with Gasteiger partial charge in [-0.1, -0.05) is 6.07 Å². The maximum absolute atomic E-state index is 14.2. The maximum atomic E-state index is 14.2. The van der Waals surface area contributed by atoms with E-state index >= 15 is 0 Å². The molecule has 210 valence electrons. The quantitative estimate of drug-likeness (QED) is 0.491. The van der Waals surface area contributed by atoms with Gasteiger partial charge < -0.3 is 15.6 Å². The van der Waals surface area contributed by atoms with Gasteiger partial charge in [0, 0.05) is 24.7 Å². The molecule has 1 aromatic heterocycles. The van der Waals surface area contributed by atoms with Crippen LogP contribution in [-0.2, 0) is 37.4 Å². The molecule has 0 radical (unpaired) electrons. The number of rotatable bonds is 8. The van der Waals surface area contributed by atoms with Crippen LogP contribution in [0.2, 0.25) is 0 Å². The third-order valence-electron chi connectivity index (χ3n) is 7.74. The fraction of sp³-hybridized carbons (Fsp3) is 0.520. The number of nitrogens with two attached hydrogens (primary N) is 1. The Bertz CT molecular complexity index is 1480. The van der Waals surface area contributed by atoms with Crippen molar-refractivity contribution in [3.8, 4) is 17.2 Å². The lowest BCUT2D eigenvalue weighted by Gasteiger charge is -2.33. The molecular weight excluding hydrogens is 541 g/mol. The van der Waals surface area contributed by atoms with E-state index in [1.807, 2.05) is 0 Å². The number of aryl methyl sites for hydroxylation is 1. The highest BCUT2D eigenvalue weighted by molar-refractivity contribution is 7.92. The Labute approximate surface area is 222 Å². The van der Waals surface area contributed by atoms with Crippen molar-refractivity contribution in [2.75, 3.05) is 0 Å². The van der Waals surface area contributed by atoms with E-state index in [2.05, 4.69) is 5.10 Å². The molecule has 2 saturated carbocycles. The highest BCUT2D eigenvalue weighted by Crippen LogP contribution is 2.67. The van der Waals surface area contributed by atoms with Gasteiger partial charge in [-0.05, 0) is 50.8 Å². The van der Waals surface area contributed by atoms with Gasteiger partial charge in [-0.15, -0.1) is 0 Å². The summed E-state index contributed by atoms with van der Waals surface area (Å²) in [7, 11) is -3.19. The van der Waals surface area contributed by atoms with E-state index in [1.54, 1.807) is 27.0 Å². The van der Waals surface area contributed by atoms with E-state index in [4.69, 9.17) is 10.5 Å². The van der Waals surface area contributed by atoms with Crippen molar-refractivity contribution in [1.29, 1.82) is 5.26 Å². The predicted octanol–water partition coefficient (Wildman–Crippen LogP) is 2.92. The highest BCUT2D eigenvalue weighted by Gasteiger charge is 2.75. The first-order valence-corrected chi connectivity index (χ1v) is 13.6. The number of carbonyl (C=O) groups excluding carboxylic acids is 1. The van der Waals surface area contributed by atoms with Crippen LogP contribution in [0.4, 0.5) is 13.2 Å². The van der Waals surface area contributed by atoms with E-state index in [0.29, 0.717) is 5.56 Å². The van der Waals surface area contributed by atoms with E-state index in [0.717, 1.165) is 12.1 Å². The fourth-order valence-electron chi connectivity index (χ4n) is 5.79. The Kier molecular flexibility index (Phi) is 6.84. The Morgan fingerprint density at radius 2 is 1.95 bits per heavy atom. The van der Waals surface area contributed by atoms with Crippen LogP contribution in [-0.4, -0.2) is 52.6 Å². The zero-order valence-electron chi connectivity index (χ0n) is 21.3. The van der Waals surface area contributed by atoms with Crippen LogP contribution >= 0.6 is 0 Å². The molecule has 2 aromatic rings. The Morgan fingerprint density at radius 1 is 1.28 bits per heavy atom. The van der Waals surface area contributed by atoms with Crippen molar-refractivity contribution >= 4 is 21.7 Å². The van der Waals surface area contributed by atoms with Gasteiger partial charge in [0.1, 0.15) is 10.8 Å².